The first-order chi connectivity index (χ1) is 13.2. The highest BCUT2D eigenvalue weighted by Gasteiger charge is 2.19. The molecule has 1 N–H and O–H groups in total. The van der Waals surface area contributed by atoms with E-state index in [4.69, 9.17) is 13.9 Å². The smallest absolute Gasteiger partial charge is 0.350 e. The van der Waals surface area contributed by atoms with E-state index in [1.54, 1.807) is 17.5 Å². The maximum absolute atomic E-state index is 12.2. The number of carbonyl (C=O) groups excluding carboxylic acids is 2. The van der Waals surface area contributed by atoms with Crippen molar-refractivity contribution in [2.45, 2.75) is 25.7 Å². The molecule has 1 aromatic carbocycles. The van der Waals surface area contributed by atoms with Crippen molar-refractivity contribution in [3.8, 4) is 5.75 Å². The van der Waals surface area contributed by atoms with Gasteiger partial charge in [0.2, 0.25) is 0 Å². The Morgan fingerprint density at radius 1 is 1.22 bits per heavy atom. The van der Waals surface area contributed by atoms with Crippen molar-refractivity contribution >= 4 is 39.9 Å². The monoisotopic (exact) mass is 385 g/mol. The third kappa shape index (κ3) is 3.55. The molecule has 0 aliphatic heterocycles. The van der Waals surface area contributed by atoms with Crippen molar-refractivity contribution in [2.75, 3.05) is 19.0 Å². The molecule has 0 saturated heterocycles. The lowest BCUT2D eigenvalue weighted by atomic mass is 9.96. The van der Waals surface area contributed by atoms with Gasteiger partial charge in [-0.25, -0.2) is 4.79 Å². The molecular formula is C20H19NO5S. The molecule has 2 heterocycles. The number of esters is 1. The minimum atomic E-state index is -0.476. The Bertz CT molecular complexity index is 1000. The molecule has 0 radical (unpaired) electrons. The quantitative estimate of drug-likeness (QED) is 0.667. The van der Waals surface area contributed by atoms with E-state index in [1.807, 2.05) is 12.1 Å². The summed E-state index contributed by atoms with van der Waals surface area (Å²) in [6, 6.07) is 7.28. The Kier molecular flexibility index (Phi) is 4.85. The number of ether oxygens (including phenoxy) is 2. The van der Waals surface area contributed by atoms with E-state index < -0.39 is 5.97 Å². The molecule has 0 fully saturated rings. The predicted molar refractivity (Wildman–Crippen MR) is 103 cm³/mol. The number of rotatable bonds is 5. The number of fused-ring (bicyclic) bond motifs is 3. The van der Waals surface area contributed by atoms with Gasteiger partial charge in [-0.3, -0.25) is 4.79 Å². The van der Waals surface area contributed by atoms with Crippen molar-refractivity contribution in [1.29, 1.82) is 0 Å². The van der Waals surface area contributed by atoms with Crippen LogP contribution in [0.4, 0.5) is 5.69 Å². The Hall–Kier alpha value is -2.80. The van der Waals surface area contributed by atoms with Crippen LogP contribution in [0.25, 0.3) is 11.0 Å². The molecule has 1 amide bonds. The molecule has 4 rings (SSSR count). The van der Waals surface area contributed by atoms with E-state index in [9.17, 15) is 9.59 Å². The van der Waals surface area contributed by atoms with E-state index in [2.05, 4.69) is 5.32 Å². The number of nitrogens with one attached hydrogen (secondary N) is 1. The van der Waals surface area contributed by atoms with E-state index >= 15 is 0 Å². The van der Waals surface area contributed by atoms with Crippen LogP contribution in [0, 0.1) is 0 Å². The molecule has 1 aliphatic rings. The second-order valence-electron chi connectivity index (χ2n) is 6.36. The molecule has 0 unspecified atom stereocenters. The zero-order valence-electron chi connectivity index (χ0n) is 14.9. The highest BCUT2D eigenvalue weighted by atomic mass is 32.1. The van der Waals surface area contributed by atoms with Gasteiger partial charge in [-0.15, -0.1) is 11.3 Å². The lowest BCUT2D eigenvalue weighted by Crippen LogP contribution is -2.21. The largest absolute Gasteiger partial charge is 0.484 e. The molecule has 140 valence electrons. The zero-order chi connectivity index (χ0) is 18.8. The van der Waals surface area contributed by atoms with E-state index in [0.717, 1.165) is 42.4 Å². The summed E-state index contributed by atoms with van der Waals surface area (Å²) >= 11 is 1.21. The second-order valence-corrected chi connectivity index (χ2v) is 7.28. The first kappa shape index (κ1) is 17.6. The van der Waals surface area contributed by atoms with Crippen LogP contribution >= 0.6 is 11.3 Å². The zero-order valence-corrected chi connectivity index (χ0v) is 15.7. The molecule has 1 aliphatic carbocycles. The SMILES string of the molecule is COC(=O)c1sccc1NC(=O)COc1ccc2oc3c(c2c1)CCCC3. The summed E-state index contributed by atoms with van der Waals surface area (Å²) in [6.45, 7) is -0.151. The summed E-state index contributed by atoms with van der Waals surface area (Å²) < 4.78 is 16.3. The molecule has 2 aromatic heterocycles. The van der Waals surface area contributed by atoms with Crippen LogP contribution in [0.15, 0.2) is 34.1 Å². The minimum Gasteiger partial charge on any atom is -0.484 e. The van der Waals surface area contributed by atoms with Gasteiger partial charge < -0.3 is 19.2 Å². The molecule has 6 nitrogen and oxygen atoms in total. The molecule has 3 aromatic rings. The fourth-order valence-electron chi connectivity index (χ4n) is 3.33. The van der Waals surface area contributed by atoms with Crippen LogP contribution in [0.5, 0.6) is 5.75 Å². The normalized spacial score (nSPS) is 13.2. The summed E-state index contributed by atoms with van der Waals surface area (Å²) in [4.78, 5) is 24.2. The van der Waals surface area contributed by atoms with Gasteiger partial charge in [0.1, 0.15) is 22.0 Å². The standard InChI is InChI=1S/C20H19NO5S/c1-24-20(23)19-15(8-9-27-19)21-18(22)11-25-12-6-7-17-14(10-12)13-4-2-3-5-16(13)26-17/h6-10H,2-5,11H2,1H3,(H,21,22). The molecule has 27 heavy (non-hydrogen) atoms. The molecule has 7 heteroatoms. The van der Waals surface area contributed by atoms with Gasteiger partial charge in [-0.2, -0.15) is 0 Å². The number of benzene rings is 1. The van der Waals surface area contributed by atoms with Crippen LogP contribution in [0.2, 0.25) is 0 Å². The maximum Gasteiger partial charge on any atom is 0.350 e. The number of hydrogen-bond acceptors (Lipinski definition) is 6. The number of methoxy groups -OCH3 is 1. The summed E-state index contributed by atoms with van der Waals surface area (Å²) in [5.41, 5.74) is 2.55. The van der Waals surface area contributed by atoms with Crippen molar-refractivity contribution < 1.29 is 23.5 Å². The predicted octanol–water partition coefficient (Wildman–Crippen LogP) is 4.18. The molecule has 0 saturated carbocycles. The van der Waals surface area contributed by atoms with Crippen LogP contribution in [0.3, 0.4) is 0 Å². The third-order valence-corrected chi connectivity index (χ3v) is 5.50. The number of furan rings is 1. The summed E-state index contributed by atoms with van der Waals surface area (Å²) in [5.74, 6) is 0.869. The summed E-state index contributed by atoms with van der Waals surface area (Å²) in [7, 11) is 1.31. The average molecular weight is 385 g/mol. The topological polar surface area (TPSA) is 77.8 Å². The van der Waals surface area contributed by atoms with Gasteiger partial charge in [0.05, 0.1) is 12.8 Å². The summed E-state index contributed by atoms with van der Waals surface area (Å²) in [6.07, 6.45) is 4.32. The molecule has 0 atom stereocenters. The van der Waals surface area contributed by atoms with Gasteiger partial charge in [0.25, 0.3) is 5.91 Å². The number of carbonyl (C=O) groups is 2. The van der Waals surface area contributed by atoms with Gasteiger partial charge in [-0.05, 0) is 48.9 Å². The van der Waals surface area contributed by atoms with Crippen molar-refractivity contribution in [1.82, 2.24) is 0 Å². The first-order valence-corrected chi connectivity index (χ1v) is 9.66. The highest BCUT2D eigenvalue weighted by Crippen LogP contribution is 2.34. The van der Waals surface area contributed by atoms with E-state index in [1.165, 1.54) is 24.0 Å². The van der Waals surface area contributed by atoms with E-state index in [-0.39, 0.29) is 12.5 Å². The first-order valence-electron chi connectivity index (χ1n) is 8.78. The van der Waals surface area contributed by atoms with Crippen molar-refractivity contribution in [3.63, 3.8) is 0 Å². The molecular weight excluding hydrogens is 366 g/mol. The fourth-order valence-corrected chi connectivity index (χ4v) is 4.09. The van der Waals surface area contributed by atoms with Gasteiger partial charge in [0, 0.05) is 17.4 Å². The van der Waals surface area contributed by atoms with Crippen LogP contribution in [0.1, 0.15) is 33.8 Å². The van der Waals surface area contributed by atoms with Crippen molar-refractivity contribution in [3.05, 3.63) is 45.8 Å². The highest BCUT2D eigenvalue weighted by molar-refractivity contribution is 7.12. The molecule has 0 spiro atoms. The third-order valence-electron chi connectivity index (χ3n) is 4.61. The van der Waals surface area contributed by atoms with Crippen LogP contribution < -0.4 is 10.1 Å². The number of thiophene rings is 1. The second kappa shape index (κ2) is 7.44. The number of amides is 1. The van der Waals surface area contributed by atoms with Gasteiger partial charge in [0.15, 0.2) is 6.61 Å². The molecule has 0 bridgehead atoms. The lowest BCUT2D eigenvalue weighted by molar-refractivity contribution is -0.118. The van der Waals surface area contributed by atoms with Crippen LogP contribution in [-0.2, 0) is 22.4 Å². The number of anilines is 1. The number of hydrogen-bond donors (Lipinski definition) is 1. The average Bonchev–Trinajstić information content (AvgIpc) is 3.29. The summed E-state index contributed by atoms with van der Waals surface area (Å²) in [5, 5.41) is 5.47. The Balaban J connectivity index is 1.43. The lowest BCUT2D eigenvalue weighted by Gasteiger charge is -2.09. The Labute approximate surface area is 160 Å². The van der Waals surface area contributed by atoms with Gasteiger partial charge >= 0.3 is 5.97 Å². The van der Waals surface area contributed by atoms with E-state index in [0.29, 0.717) is 16.3 Å². The van der Waals surface area contributed by atoms with Gasteiger partial charge in [-0.1, -0.05) is 0 Å². The minimum absolute atomic E-state index is 0.151. The Morgan fingerprint density at radius 3 is 2.93 bits per heavy atom. The number of aryl methyl sites for hydroxylation is 2. The van der Waals surface area contributed by atoms with Crippen LogP contribution in [-0.4, -0.2) is 25.6 Å². The fraction of sp³-hybridized carbons (Fsp3) is 0.300. The Morgan fingerprint density at radius 2 is 2.07 bits per heavy atom. The van der Waals surface area contributed by atoms with Crippen molar-refractivity contribution in [2.24, 2.45) is 0 Å². The maximum atomic E-state index is 12.2.